The summed E-state index contributed by atoms with van der Waals surface area (Å²) in [4.78, 5) is 11.8. The van der Waals surface area contributed by atoms with Crippen LogP contribution in [0.5, 0.6) is 0 Å². The third-order valence-electron chi connectivity index (χ3n) is 2.70. The topological polar surface area (TPSA) is 44.1 Å². The van der Waals surface area contributed by atoms with Crippen LogP contribution in [0, 0.1) is 13.8 Å². The van der Waals surface area contributed by atoms with Crippen LogP contribution in [0.15, 0.2) is 24.3 Å². The molecule has 100 valence electrons. The van der Waals surface area contributed by atoms with Crippen molar-refractivity contribution in [2.24, 2.45) is 0 Å². The Kier molecular flexibility index (Phi) is 3.90. The first-order chi connectivity index (χ1) is 9.02. The highest BCUT2D eigenvalue weighted by atomic mass is 35.5. The zero-order valence-corrected chi connectivity index (χ0v) is 11.9. The van der Waals surface area contributed by atoms with Crippen molar-refractivity contribution >= 4 is 17.6 Å². The highest BCUT2D eigenvalue weighted by molar-refractivity contribution is 6.33. The van der Waals surface area contributed by atoms with Crippen molar-refractivity contribution in [3.05, 3.63) is 46.2 Å². The normalized spacial score (nSPS) is 10.5. The van der Waals surface area contributed by atoms with Gasteiger partial charge in [0.15, 0.2) is 0 Å². The number of hydrogen-bond acceptors (Lipinski definition) is 3. The molecule has 4 nitrogen and oxygen atoms in total. The van der Waals surface area contributed by atoms with Crippen molar-refractivity contribution in [1.29, 1.82) is 0 Å². The lowest BCUT2D eigenvalue weighted by Gasteiger charge is -2.08. The van der Waals surface area contributed by atoms with E-state index in [0.717, 1.165) is 17.1 Å². The summed E-state index contributed by atoms with van der Waals surface area (Å²) in [6.07, 6.45) is 0. The van der Waals surface area contributed by atoms with E-state index < -0.39 is 5.97 Å². The molecule has 0 N–H and O–H groups in total. The van der Waals surface area contributed by atoms with E-state index in [0.29, 0.717) is 17.2 Å². The van der Waals surface area contributed by atoms with Gasteiger partial charge in [0.2, 0.25) is 0 Å². The molecular formula is C14H15ClN2O2. The fourth-order valence-electron chi connectivity index (χ4n) is 1.90. The number of carbonyl (C=O) groups excluding carboxylic acids is 1. The number of halogens is 1. The second-order valence-electron chi connectivity index (χ2n) is 4.22. The molecule has 0 atom stereocenters. The summed E-state index contributed by atoms with van der Waals surface area (Å²) in [5, 5.41) is 4.76. The van der Waals surface area contributed by atoms with Gasteiger partial charge in [0.05, 0.1) is 28.6 Å². The molecule has 1 aromatic carbocycles. The summed E-state index contributed by atoms with van der Waals surface area (Å²) >= 11 is 6.03. The van der Waals surface area contributed by atoms with Gasteiger partial charge in [0, 0.05) is 5.69 Å². The Balaban J connectivity index is 2.46. The van der Waals surface area contributed by atoms with Gasteiger partial charge in [-0.1, -0.05) is 11.6 Å². The number of esters is 1. The quantitative estimate of drug-likeness (QED) is 0.809. The van der Waals surface area contributed by atoms with E-state index in [1.165, 1.54) is 0 Å². The standard InChI is InChI=1S/C14H15ClN2O2/c1-4-19-14(18)12-8-11(5-6-13(12)15)17-10(3)7-9(2)16-17/h5-8H,4H2,1-3H3. The number of nitrogens with zero attached hydrogens (tertiary/aromatic N) is 2. The number of benzene rings is 1. The number of hydrogen-bond donors (Lipinski definition) is 0. The first kappa shape index (κ1) is 13.6. The molecule has 0 saturated carbocycles. The predicted octanol–water partition coefficient (Wildman–Crippen LogP) is 3.32. The van der Waals surface area contributed by atoms with Crippen LogP contribution in [-0.2, 0) is 4.74 Å². The molecule has 0 fully saturated rings. The second kappa shape index (κ2) is 5.45. The summed E-state index contributed by atoms with van der Waals surface area (Å²) in [7, 11) is 0. The monoisotopic (exact) mass is 278 g/mol. The van der Waals surface area contributed by atoms with E-state index in [2.05, 4.69) is 5.10 Å². The molecule has 5 heteroatoms. The Labute approximate surface area is 116 Å². The highest BCUT2D eigenvalue weighted by Gasteiger charge is 2.14. The summed E-state index contributed by atoms with van der Waals surface area (Å²) in [5.41, 5.74) is 3.06. The molecule has 0 aliphatic carbocycles. The fourth-order valence-corrected chi connectivity index (χ4v) is 2.10. The molecule has 0 unspecified atom stereocenters. The summed E-state index contributed by atoms with van der Waals surface area (Å²) in [6.45, 7) is 5.96. The van der Waals surface area contributed by atoms with E-state index in [-0.39, 0.29) is 0 Å². The van der Waals surface area contributed by atoms with Crippen molar-refractivity contribution in [2.75, 3.05) is 6.61 Å². The van der Waals surface area contributed by atoms with Crippen LogP contribution in [0.2, 0.25) is 5.02 Å². The molecule has 0 bridgehead atoms. The fraction of sp³-hybridized carbons (Fsp3) is 0.286. The molecule has 0 aliphatic heterocycles. The molecule has 19 heavy (non-hydrogen) atoms. The Bertz CT molecular complexity index is 620. The minimum atomic E-state index is -0.420. The van der Waals surface area contributed by atoms with Crippen LogP contribution in [0.1, 0.15) is 28.7 Å². The Morgan fingerprint density at radius 3 is 2.68 bits per heavy atom. The number of carbonyl (C=O) groups is 1. The van der Waals surface area contributed by atoms with E-state index in [1.807, 2.05) is 26.0 Å². The number of aryl methyl sites for hydroxylation is 2. The van der Waals surface area contributed by atoms with E-state index in [9.17, 15) is 4.79 Å². The Morgan fingerprint density at radius 2 is 2.11 bits per heavy atom. The van der Waals surface area contributed by atoms with Gasteiger partial charge in [-0.3, -0.25) is 0 Å². The van der Waals surface area contributed by atoms with Crippen molar-refractivity contribution in [1.82, 2.24) is 9.78 Å². The number of aromatic nitrogens is 2. The van der Waals surface area contributed by atoms with Crippen molar-refractivity contribution in [2.45, 2.75) is 20.8 Å². The van der Waals surface area contributed by atoms with Crippen molar-refractivity contribution in [3.8, 4) is 5.69 Å². The van der Waals surface area contributed by atoms with Crippen molar-refractivity contribution in [3.63, 3.8) is 0 Å². The lowest BCUT2D eigenvalue weighted by molar-refractivity contribution is 0.0526. The Hall–Kier alpha value is -1.81. The lowest BCUT2D eigenvalue weighted by Crippen LogP contribution is -2.07. The molecule has 2 aromatic rings. The van der Waals surface area contributed by atoms with Gasteiger partial charge >= 0.3 is 5.97 Å². The molecule has 1 heterocycles. The van der Waals surface area contributed by atoms with Gasteiger partial charge in [-0.2, -0.15) is 5.10 Å². The van der Waals surface area contributed by atoms with Crippen LogP contribution >= 0.6 is 11.6 Å². The first-order valence-corrected chi connectivity index (χ1v) is 6.41. The maximum Gasteiger partial charge on any atom is 0.339 e. The summed E-state index contributed by atoms with van der Waals surface area (Å²) in [6, 6.07) is 7.17. The van der Waals surface area contributed by atoms with Gasteiger partial charge in [0.25, 0.3) is 0 Å². The summed E-state index contributed by atoms with van der Waals surface area (Å²) in [5.74, 6) is -0.420. The van der Waals surface area contributed by atoms with Gasteiger partial charge in [-0.25, -0.2) is 9.48 Å². The maximum atomic E-state index is 11.8. The molecule has 0 amide bonds. The van der Waals surface area contributed by atoms with Crippen LogP contribution < -0.4 is 0 Å². The molecule has 1 aromatic heterocycles. The average Bonchev–Trinajstić information content (AvgIpc) is 2.69. The third-order valence-corrected chi connectivity index (χ3v) is 3.03. The van der Waals surface area contributed by atoms with E-state index >= 15 is 0 Å². The maximum absolute atomic E-state index is 11.8. The molecular weight excluding hydrogens is 264 g/mol. The predicted molar refractivity (Wildman–Crippen MR) is 74.0 cm³/mol. The van der Waals surface area contributed by atoms with E-state index in [1.54, 1.807) is 23.7 Å². The molecule has 2 rings (SSSR count). The Morgan fingerprint density at radius 1 is 1.37 bits per heavy atom. The highest BCUT2D eigenvalue weighted by Crippen LogP contribution is 2.21. The molecule has 0 spiro atoms. The van der Waals surface area contributed by atoms with Crippen molar-refractivity contribution < 1.29 is 9.53 Å². The largest absolute Gasteiger partial charge is 0.462 e. The molecule has 0 saturated heterocycles. The second-order valence-corrected chi connectivity index (χ2v) is 4.63. The summed E-state index contributed by atoms with van der Waals surface area (Å²) < 4.78 is 6.75. The van der Waals surface area contributed by atoms with Gasteiger partial charge in [-0.15, -0.1) is 0 Å². The smallest absolute Gasteiger partial charge is 0.339 e. The molecule has 0 radical (unpaired) electrons. The van der Waals surface area contributed by atoms with Gasteiger partial charge < -0.3 is 4.74 Å². The van der Waals surface area contributed by atoms with Crippen LogP contribution in [-0.4, -0.2) is 22.4 Å². The SMILES string of the molecule is CCOC(=O)c1cc(-n2nc(C)cc2C)ccc1Cl. The zero-order valence-electron chi connectivity index (χ0n) is 11.1. The minimum absolute atomic E-state index is 0.319. The number of rotatable bonds is 3. The number of ether oxygens (including phenoxy) is 1. The van der Waals surface area contributed by atoms with Gasteiger partial charge in [-0.05, 0) is 45.0 Å². The third kappa shape index (κ3) is 2.79. The lowest BCUT2D eigenvalue weighted by atomic mass is 10.2. The van der Waals surface area contributed by atoms with E-state index in [4.69, 9.17) is 16.3 Å². The zero-order chi connectivity index (χ0) is 14.0. The molecule has 0 aliphatic rings. The average molecular weight is 279 g/mol. The minimum Gasteiger partial charge on any atom is -0.462 e. The van der Waals surface area contributed by atoms with Crippen LogP contribution in [0.25, 0.3) is 5.69 Å². The first-order valence-electron chi connectivity index (χ1n) is 6.03. The van der Waals surface area contributed by atoms with Crippen LogP contribution in [0.3, 0.4) is 0 Å². The van der Waals surface area contributed by atoms with Crippen LogP contribution in [0.4, 0.5) is 0 Å². The van der Waals surface area contributed by atoms with Gasteiger partial charge in [0.1, 0.15) is 0 Å².